The van der Waals surface area contributed by atoms with Crippen LogP contribution >= 0.6 is 0 Å². The van der Waals surface area contributed by atoms with Gasteiger partial charge in [-0.05, 0) is 26.8 Å². The van der Waals surface area contributed by atoms with E-state index in [1.165, 1.54) is 0 Å². The van der Waals surface area contributed by atoms with E-state index in [1.807, 2.05) is 37.8 Å². The number of amides is 1. The van der Waals surface area contributed by atoms with Gasteiger partial charge in [0.2, 0.25) is 0 Å². The van der Waals surface area contributed by atoms with Crippen molar-refractivity contribution in [1.29, 1.82) is 0 Å². The number of ether oxygens (including phenoxy) is 5. The summed E-state index contributed by atoms with van der Waals surface area (Å²) in [5.74, 6) is 2.03. The van der Waals surface area contributed by atoms with Crippen LogP contribution < -0.4 is 14.2 Å². The highest BCUT2D eigenvalue weighted by atomic mass is 16.6. The minimum absolute atomic E-state index is 0.0234. The van der Waals surface area contributed by atoms with Gasteiger partial charge in [-0.3, -0.25) is 9.80 Å². The second kappa shape index (κ2) is 8.67. The van der Waals surface area contributed by atoms with Crippen molar-refractivity contribution in [3.8, 4) is 17.2 Å². The SMILES string of the molecule is COc1cc(OC)c(OC)cc1CN1CCN(C(=O)OC(C)(C)C)[C@H]2COC[C@H]21. The Morgan fingerprint density at radius 2 is 1.62 bits per heavy atom. The van der Waals surface area contributed by atoms with Gasteiger partial charge in [-0.2, -0.15) is 0 Å². The first-order valence-electron chi connectivity index (χ1n) is 9.87. The predicted molar refractivity (Wildman–Crippen MR) is 108 cm³/mol. The van der Waals surface area contributed by atoms with Crippen LogP contribution in [0.3, 0.4) is 0 Å². The Bertz CT molecular complexity index is 733. The largest absolute Gasteiger partial charge is 0.496 e. The van der Waals surface area contributed by atoms with Crippen LogP contribution in [-0.2, 0) is 16.0 Å². The number of benzene rings is 1. The molecule has 0 N–H and O–H groups in total. The van der Waals surface area contributed by atoms with Crippen molar-refractivity contribution in [2.45, 2.75) is 45.0 Å². The lowest BCUT2D eigenvalue weighted by Gasteiger charge is -2.43. The average molecular weight is 408 g/mol. The van der Waals surface area contributed by atoms with Gasteiger partial charge in [-0.15, -0.1) is 0 Å². The van der Waals surface area contributed by atoms with E-state index in [4.69, 9.17) is 23.7 Å². The highest BCUT2D eigenvalue weighted by Gasteiger charge is 2.44. The minimum atomic E-state index is -0.518. The number of methoxy groups -OCH3 is 3. The third-order valence-electron chi connectivity index (χ3n) is 5.31. The summed E-state index contributed by atoms with van der Waals surface area (Å²) in [6.45, 7) is 8.73. The molecule has 2 saturated heterocycles. The fourth-order valence-corrected chi connectivity index (χ4v) is 3.92. The topological polar surface area (TPSA) is 69.7 Å². The van der Waals surface area contributed by atoms with Gasteiger partial charge >= 0.3 is 6.09 Å². The summed E-state index contributed by atoms with van der Waals surface area (Å²) in [5.41, 5.74) is 0.484. The fraction of sp³-hybridized carbons (Fsp3) is 0.667. The van der Waals surface area contributed by atoms with Gasteiger partial charge in [0.25, 0.3) is 0 Å². The summed E-state index contributed by atoms with van der Waals surface area (Å²) in [5, 5.41) is 0. The lowest BCUT2D eigenvalue weighted by atomic mass is 10.0. The molecule has 8 nitrogen and oxygen atoms in total. The molecule has 29 heavy (non-hydrogen) atoms. The van der Waals surface area contributed by atoms with Crippen LogP contribution in [0.15, 0.2) is 12.1 Å². The van der Waals surface area contributed by atoms with Gasteiger partial charge in [-0.25, -0.2) is 4.79 Å². The average Bonchev–Trinajstić information content (AvgIpc) is 3.16. The summed E-state index contributed by atoms with van der Waals surface area (Å²) in [6.07, 6.45) is -0.277. The molecule has 2 aliphatic rings. The van der Waals surface area contributed by atoms with Gasteiger partial charge in [0.1, 0.15) is 11.4 Å². The molecule has 0 bridgehead atoms. The molecule has 2 atom stereocenters. The molecule has 0 unspecified atom stereocenters. The number of carbonyl (C=O) groups is 1. The van der Waals surface area contributed by atoms with Gasteiger partial charge < -0.3 is 23.7 Å². The van der Waals surface area contributed by atoms with E-state index in [0.717, 1.165) is 17.9 Å². The Morgan fingerprint density at radius 1 is 1.00 bits per heavy atom. The Morgan fingerprint density at radius 3 is 2.24 bits per heavy atom. The van der Waals surface area contributed by atoms with E-state index in [0.29, 0.717) is 37.8 Å². The zero-order chi connectivity index (χ0) is 21.2. The van der Waals surface area contributed by atoms with Gasteiger partial charge in [-0.1, -0.05) is 0 Å². The van der Waals surface area contributed by atoms with Crippen molar-refractivity contribution in [3.63, 3.8) is 0 Å². The lowest BCUT2D eigenvalue weighted by molar-refractivity contribution is -0.0109. The van der Waals surface area contributed by atoms with Crippen molar-refractivity contribution in [2.75, 3.05) is 47.6 Å². The molecule has 8 heteroatoms. The molecule has 2 aliphatic heterocycles. The Hall–Kier alpha value is -2.19. The number of rotatable bonds is 5. The second-order valence-corrected chi connectivity index (χ2v) is 8.34. The highest BCUT2D eigenvalue weighted by Crippen LogP contribution is 2.36. The third-order valence-corrected chi connectivity index (χ3v) is 5.31. The van der Waals surface area contributed by atoms with Gasteiger partial charge in [0.05, 0.1) is 46.6 Å². The minimum Gasteiger partial charge on any atom is -0.496 e. The molecular formula is C21H32N2O6. The molecule has 162 valence electrons. The van der Waals surface area contributed by atoms with Crippen LogP contribution in [0.1, 0.15) is 26.3 Å². The second-order valence-electron chi connectivity index (χ2n) is 8.34. The van der Waals surface area contributed by atoms with Crippen LogP contribution in [0.4, 0.5) is 4.79 Å². The first-order valence-corrected chi connectivity index (χ1v) is 9.87. The Balaban J connectivity index is 1.78. The summed E-state index contributed by atoms with van der Waals surface area (Å²) in [4.78, 5) is 16.8. The molecule has 1 aromatic carbocycles. The Kier molecular flexibility index (Phi) is 6.43. The zero-order valence-electron chi connectivity index (χ0n) is 18.2. The standard InChI is InChI=1S/C21H32N2O6/c1-21(2,3)29-20(24)23-8-7-22(15-12-28-13-16(15)23)11-14-9-18(26-5)19(27-6)10-17(14)25-4/h9-10,15-16H,7-8,11-13H2,1-6H3/t15-,16+/m1/s1. The van der Waals surface area contributed by atoms with E-state index in [-0.39, 0.29) is 18.2 Å². The van der Waals surface area contributed by atoms with Crippen LogP contribution in [0.25, 0.3) is 0 Å². The van der Waals surface area contributed by atoms with Crippen LogP contribution in [0, 0.1) is 0 Å². The van der Waals surface area contributed by atoms with E-state index in [9.17, 15) is 4.79 Å². The summed E-state index contributed by atoms with van der Waals surface area (Å²) in [6, 6.07) is 3.87. The van der Waals surface area contributed by atoms with E-state index >= 15 is 0 Å². The van der Waals surface area contributed by atoms with Crippen LogP contribution in [0.5, 0.6) is 17.2 Å². The third kappa shape index (κ3) is 4.70. The molecule has 2 fully saturated rings. The van der Waals surface area contributed by atoms with Gasteiger partial charge in [0.15, 0.2) is 11.5 Å². The molecule has 1 aromatic rings. The maximum Gasteiger partial charge on any atom is 0.410 e. The van der Waals surface area contributed by atoms with E-state index in [1.54, 1.807) is 21.3 Å². The van der Waals surface area contributed by atoms with Crippen molar-refractivity contribution in [1.82, 2.24) is 9.80 Å². The van der Waals surface area contributed by atoms with E-state index in [2.05, 4.69) is 4.90 Å². The number of hydrogen-bond donors (Lipinski definition) is 0. The quantitative estimate of drug-likeness (QED) is 0.741. The molecular weight excluding hydrogens is 376 g/mol. The molecule has 0 radical (unpaired) electrons. The maximum absolute atomic E-state index is 12.7. The molecule has 1 amide bonds. The molecule has 0 aliphatic carbocycles. The molecule has 3 rings (SSSR count). The fourth-order valence-electron chi connectivity index (χ4n) is 3.92. The van der Waals surface area contributed by atoms with Crippen LogP contribution in [-0.4, -0.2) is 81.2 Å². The van der Waals surface area contributed by atoms with Crippen LogP contribution in [0.2, 0.25) is 0 Å². The summed E-state index contributed by atoms with van der Waals surface area (Å²) in [7, 11) is 4.87. The smallest absolute Gasteiger partial charge is 0.410 e. The number of nitrogens with zero attached hydrogens (tertiary/aromatic N) is 2. The number of hydrogen-bond acceptors (Lipinski definition) is 7. The van der Waals surface area contributed by atoms with E-state index < -0.39 is 5.60 Å². The maximum atomic E-state index is 12.7. The number of piperazine rings is 1. The predicted octanol–water partition coefficient (Wildman–Crippen LogP) is 2.53. The Labute approximate surface area is 172 Å². The first-order chi connectivity index (χ1) is 13.8. The first kappa shape index (κ1) is 21.5. The van der Waals surface area contributed by atoms with Crippen molar-refractivity contribution >= 4 is 6.09 Å². The molecule has 0 saturated carbocycles. The summed E-state index contributed by atoms with van der Waals surface area (Å²) >= 11 is 0. The lowest BCUT2D eigenvalue weighted by Crippen LogP contribution is -2.60. The monoisotopic (exact) mass is 408 g/mol. The van der Waals surface area contributed by atoms with Gasteiger partial charge in [0, 0.05) is 31.3 Å². The zero-order valence-corrected chi connectivity index (χ0v) is 18.2. The summed E-state index contributed by atoms with van der Waals surface area (Å²) < 4.78 is 27.7. The molecule has 2 heterocycles. The number of fused-ring (bicyclic) bond motifs is 1. The highest BCUT2D eigenvalue weighted by molar-refractivity contribution is 5.69. The van der Waals surface area contributed by atoms with Crippen molar-refractivity contribution < 1.29 is 28.5 Å². The molecule has 0 spiro atoms. The number of carbonyl (C=O) groups excluding carboxylic acids is 1. The normalized spacial score (nSPS) is 22.2. The van der Waals surface area contributed by atoms with Crippen molar-refractivity contribution in [2.24, 2.45) is 0 Å². The van der Waals surface area contributed by atoms with Crippen molar-refractivity contribution in [3.05, 3.63) is 17.7 Å². The molecule has 0 aromatic heterocycles.